The average molecular weight is 287 g/mol. The summed E-state index contributed by atoms with van der Waals surface area (Å²) in [5.74, 6) is -1.58. The Morgan fingerprint density at radius 3 is 2.30 bits per heavy atom. The number of hydrogen-bond acceptors (Lipinski definition) is 3. The number of amides is 3. The Kier molecular flexibility index (Phi) is 8.35. The lowest BCUT2D eigenvalue weighted by molar-refractivity contribution is -0.137. The fraction of sp³-hybridized carbons (Fsp3) is 0.769. The Balaban J connectivity index is 4.67. The van der Waals surface area contributed by atoms with E-state index in [0.29, 0.717) is 6.54 Å². The smallest absolute Gasteiger partial charge is 0.318 e. The van der Waals surface area contributed by atoms with Gasteiger partial charge in [-0.25, -0.2) is 4.79 Å². The van der Waals surface area contributed by atoms with Crippen LogP contribution in [0.15, 0.2) is 0 Å². The van der Waals surface area contributed by atoms with Crippen molar-refractivity contribution in [2.24, 2.45) is 11.7 Å². The van der Waals surface area contributed by atoms with Crippen molar-refractivity contribution in [1.29, 1.82) is 0 Å². The van der Waals surface area contributed by atoms with Crippen molar-refractivity contribution in [2.75, 3.05) is 13.1 Å². The van der Waals surface area contributed by atoms with Gasteiger partial charge < -0.3 is 21.1 Å². The molecule has 4 N–H and O–H groups in total. The molecule has 1 atom stereocenters. The second-order valence-corrected chi connectivity index (χ2v) is 5.14. The molecule has 1 unspecified atom stereocenters. The molecule has 0 spiro atoms. The maximum Gasteiger partial charge on any atom is 0.318 e. The molecule has 7 heteroatoms. The Labute approximate surface area is 119 Å². The molecule has 0 saturated heterocycles. The topological polar surface area (TPSA) is 113 Å². The number of nitrogens with one attached hydrogen (secondary N) is 1. The van der Waals surface area contributed by atoms with Crippen LogP contribution in [0.5, 0.6) is 0 Å². The number of carboxylic acids is 1. The summed E-state index contributed by atoms with van der Waals surface area (Å²) < 4.78 is 0. The minimum atomic E-state index is -0.973. The van der Waals surface area contributed by atoms with E-state index in [1.165, 1.54) is 4.90 Å². The summed E-state index contributed by atoms with van der Waals surface area (Å²) >= 11 is 0. The van der Waals surface area contributed by atoms with Crippen molar-refractivity contribution in [3.8, 4) is 0 Å². The molecule has 0 aromatic carbocycles. The maximum atomic E-state index is 12.1. The van der Waals surface area contributed by atoms with Crippen LogP contribution in [0, 0.1) is 5.92 Å². The summed E-state index contributed by atoms with van der Waals surface area (Å²) in [7, 11) is 0. The molecule has 0 aromatic rings. The molecule has 0 radical (unpaired) electrons. The third-order valence-electron chi connectivity index (χ3n) is 2.92. The minimum Gasteiger partial charge on any atom is -0.481 e. The third kappa shape index (κ3) is 7.60. The predicted molar refractivity (Wildman–Crippen MR) is 75.1 cm³/mol. The molecule has 0 aromatic heterocycles. The van der Waals surface area contributed by atoms with Gasteiger partial charge in [-0.05, 0) is 12.3 Å². The van der Waals surface area contributed by atoms with Crippen LogP contribution >= 0.6 is 0 Å². The van der Waals surface area contributed by atoms with E-state index in [-0.39, 0.29) is 18.9 Å². The summed E-state index contributed by atoms with van der Waals surface area (Å²) in [6.07, 6.45) is 1.48. The molecule has 0 saturated carbocycles. The van der Waals surface area contributed by atoms with Gasteiger partial charge in [-0.2, -0.15) is 0 Å². The number of carbonyl (C=O) groups is 3. The highest BCUT2D eigenvalue weighted by molar-refractivity contribution is 5.83. The fourth-order valence-electron chi connectivity index (χ4n) is 1.68. The highest BCUT2D eigenvalue weighted by Crippen LogP contribution is 2.07. The van der Waals surface area contributed by atoms with Crippen molar-refractivity contribution in [3.05, 3.63) is 0 Å². The van der Waals surface area contributed by atoms with Crippen LogP contribution in [0.1, 0.15) is 40.0 Å². The van der Waals surface area contributed by atoms with Gasteiger partial charge >= 0.3 is 12.0 Å². The number of primary amides is 1. The van der Waals surface area contributed by atoms with Gasteiger partial charge in [0, 0.05) is 12.6 Å². The molecule has 0 aliphatic heterocycles. The van der Waals surface area contributed by atoms with E-state index in [1.807, 2.05) is 20.8 Å². The molecule has 0 rings (SSSR count). The van der Waals surface area contributed by atoms with E-state index in [4.69, 9.17) is 10.8 Å². The standard InChI is InChI=1S/C13H25N3O4/c1-4-5-6-16(8-11(14)17)13(20)15-10(9(2)3)7-12(18)19/h9-10H,4-8H2,1-3H3,(H2,14,17)(H,15,20)(H,18,19). The monoisotopic (exact) mass is 287 g/mol. The molecule has 3 amide bonds. The maximum absolute atomic E-state index is 12.1. The first-order valence-electron chi connectivity index (χ1n) is 6.83. The summed E-state index contributed by atoms with van der Waals surface area (Å²) in [5, 5.41) is 11.5. The summed E-state index contributed by atoms with van der Waals surface area (Å²) in [6, 6.07) is -0.922. The third-order valence-corrected chi connectivity index (χ3v) is 2.92. The van der Waals surface area contributed by atoms with Gasteiger partial charge in [0.2, 0.25) is 5.91 Å². The van der Waals surface area contributed by atoms with Gasteiger partial charge in [-0.3, -0.25) is 9.59 Å². The highest BCUT2D eigenvalue weighted by atomic mass is 16.4. The van der Waals surface area contributed by atoms with E-state index in [2.05, 4.69) is 5.32 Å². The Hall–Kier alpha value is -1.79. The zero-order valence-corrected chi connectivity index (χ0v) is 12.4. The zero-order chi connectivity index (χ0) is 15.7. The van der Waals surface area contributed by atoms with Crippen LogP contribution < -0.4 is 11.1 Å². The molecule has 0 bridgehead atoms. The predicted octanol–water partition coefficient (Wildman–Crippen LogP) is 0.783. The minimum absolute atomic E-state index is 0.0170. The number of rotatable bonds is 9. The van der Waals surface area contributed by atoms with Crippen LogP contribution in [0.3, 0.4) is 0 Å². The zero-order valence-electron chi connectivity index (χ0n) is 12.4. The average Bonchev–Trinajstić information content (AvgIpc) is 2.32. The van der Waals surface area contributed by atoms with Crippen LogP contribution in [-0.2, 0) is 9.59 Å². The SMILES string of the molecule is CCCCN(CC(N)=O)C(=O)NC(CC(=O)O)C(C)C. The van der Waals surface area contributed by atoms with Gasteiger partial charge in [-0.1, -0.05) is 27.2 Å². The number of carboxylic acid groups (broad SMARTS) is 1. The lowest BCUT2D eigenvalue weighted by atomic mass is 10.0. The van der Waals surface area contributed by atoms with Gasteiger partial charge in [0.25, 0.3) is 0 Å². The van der Waals surface area contributed by atoms with Crippen molar-refractivity contribution in [1.82, 2.24) is 10.2 Å². The fourth-order valence-corrected chi connectivity index (χ4v) is 1.68. The van der Waals surface area contributed by atoms with Crippen molar-refractivity contribution in [3.63, 3.8) is 0 Å². The quantitative estimate of drug-likeness (QED) is 0.581. The van der Waals surface area contributed by atoms with E-state index in [9.17, 15) is 14.4 Å². The van der Waals surface area contributed by atoms with Crippen molar-refractivity contribution < 1.29 is 19.5 Å². The number of unbranched alkanes of at least 4 members (excludes halogenated alkanes) is 1. The molecule has 116 valence electrons. The van der Waals surface area contributed by atoms with Crippen molar-refractivity contribution in [2.45, 2.75) is 46.1 Å². The lowest BCUT2D eigenvalue weighted by Crippen LogP contribution is -2.50. The van der Waals surface area contributed by atoms with E-state index in [1.54, 1.807) is 0 Å². The number of carbonyl (C=O) groups excluding carboxylic acids is 2. The Morgan fingerprint density at radius 2 is 1.90 bits per heavy atom. The van der Waals surface area contributed by atoms with Gasteiger partial charge in [-0.15, -0.1) is 0 Å². The number of nitrogens with zero attached hydrogens (tertiary/aromatic N) is 1. The van der Waals surface area contributed by atoms with Crippen LogP contribution in [0.4, 0.5) is 4.79 Å². The first kappa shape index (κ1) is 18.2. The molecule has 20 heavy (non-hydrogen) atoms. The van der Waals surface area contributed by atoms with Gasteiger partial charge in [0.1, 0.15) is 6.54 Å². The molecular formula is C13H25N3O4. The second-order valence-electron chi connectivity index (χ2n) is 5.14. The first-order chi connectivity index (χ1) is 9.27. The van der Waals surface area contributed by atoms with E-state index >= 15 is 0 Å². The van der Waals surface area contributed by atoms with E-state index in [0.717, 1.165) is 12.8 Å². The lowest BCUT2D eigenvalue weighted by Gasteiger charge is -2.26. The number of urea groups is 1. The number of nitrogens with two attached hydrogens (primary N) is 1. The normalized spacial score (nSPS) is 12.0. The Morgan fingerprint density at radius 1 is 1.30 bits per heavy atom. The van der Waals surface area contributed by atoms with Crippen molar-refractivity contribution >= 4 is 17.9 Å². The van der Waals surface area contributed by atoms with Gasteiger partial charge in [0.15, 0.2) is 0 Å². The van der Waals surface area contributed by atoms with Crippen LogP contribution in [0.2, 0.25) is 0 Å². The summed E-state index contributed by atoms with van der Waals surface area (Å²) in [5.41, 5.74) is 5.12. The molecule has 7 nitrogen and oxygen atoms in total. The molecular weight excluding hydrogens is 262 g/mol. The molecule has 0 heterocycles. The van der Waals surface area contributed by atoms with Gasteiger partial charge in [0.05, 0.1) is 6.42 Å². The first-order valence-corrected chi connectivity index (χ1v) is 6.83. The van der Waals surface area contributed by atoms with Crippen LogP contribution in [0.25, 0.3) is 0 Å². The largest absolute Gasteiger partial charge is 0.481 e. The molecule has 0 aliphatic rings. The molecule has 0 aliphatic carbocycles. The van der Waals surface area contributed by atoms with E-state index < -0.39 is 23.9 Å². The summed E-state index contributed by atoms with van der Waals surface area (Å²) in [6.45, 7) is 5.89. The summed E-state index contributed by atoms with van der Waals surface area (Å²) in [4.78, 5) is 35.2. The second kappa shape index (κ2) is 9.17. The van der Waals surface area contributed by atoms with Crippen LogP contribution in [-0.4, -0.2) is 47.0 Å². The molecule has 0 fully saturated rings. The Bertz CT molecular complexity index is 345. The number of aliphatic carboxylic acids is 1. The number of hydrogen-bond donors (Lipinski definition) is 3. The highest BCUT2D eigenvalue weighted by Gasteiger charge is 2.23.